The molecule has 9 rings (SSSR count). The molecule has 6 nitrogen and oxygen atoms in total. The molecule has 0 radical (unpaired) electrons. The van der Waals surface area contributed by atoms with E-state index in [1.807, 2.05) is 0 Å². The van der Waals surface area contributed by atoms with Crippen LogP contribution in [0.5, 0.6) is 0 Å². The van der Waals surface area contributed by atoms with Gasteiger partial charge in [-0.15, -0.1) is 0 Å². The highest BCUT2D eigenvalue weighted by Crippen LogP contribution is 2.77. The fourth-order valence-electron chi connectivity index (χ4n) is 11.8. The molecular weight excluding hydrogens is 562 g/mol. The molecule has 0 bridgehead atoms. The Balaban J connectivity index is 1.13. The summed E-state index contributed by atoms with van der Waals surface area (Å²) in [6, 6.07) is 6.73. The van der Waals surface area contributed by atoms with Gasteiger partial charge in [0.25, 0.3) is 0 Å². The number of fused-ring (bicyclic) bond motifs is 9. The van der Waals surface area contributed by atoms with Crippen molar-refractivity contribution in [2.75, 3.05) is 0 Å². The van der Waals surface area contributed by atoms with Crippen LogP contribution in [0.1, 0.15) is 111 Å². The summed E-state index contributed by atoms with van der Waals surface area (Å²) in [5.74, 6) is 0.843. The van der Waals surface area contributed by atoms with E-state index in [0.717, 1.165) is 44.9 Å². The first-order valence-corrected chi connectivity index (χ1v) is 17.7. The van der Waals surface area contributed by atoms with Crippen molar-refractivity contribution in [3.8, 4) is 0 Å². The van der Waals surface area contributed by atoms with Gasteiger partial charge in [0.15, 0.2) is 11.9 Å². The van der Waals surface area contributed by atoms with Crippen molar-refractivity contribution in [3.05, 3.63) is 46.7 Å². The van der Waals surface area contributed by atoms with Crippen molar-refractivity contribution in [1.29, 1.82) is 0 Å². The maximum Gasteiger partial charge on any atom is 0.162 e. The molecule has 7 aliphatic rings. The van der Waals surface area contributed by atoms with Crippen molar-refractivity contribution >= 4 is 10.9 Å². The summed E-state index contributed by atoms with van der Waals surface area (Å²) in [5, 5.41) is 14.9. The average molecular weight is 616 g/mol. The minimum atomic E-state index is -1.06. The Bertz CT molecular complexity index is 1650. The van der Waals surface area contributed by atoms with E-state index in [9.17, 15) is 5.11 Å². The number of hydrogen-bond acceptors (Lipinski definition) is 5. The zero-order valence-electron chi connectivity index (χ0n) is 28.8. The zero-order chi connectivity index (χ0) is 31.7. The summed E-state index contributed by atoms with van der Waals surface area (Å²) < 4.78 is 27.7. The van der Waals surface area contributed by atoms with Crippen LogP contribution >= 0.6 is 0 Å². The third kappa shape index (κ3) is 3.30. The Kier molecular flexibility index (Phi) is 5.54. The van der Waals surface area contributed by atoms with Crippen molar-refractivity contribution in [3.63, 3.8) is 0 Å². The van der Waals surface area contributed by atoms with E-state index in [-0.39, 0.29) is 35.4 Å². The third-order valence-electron chi connectivity index (χ3n) is 14.9. The highest BCUT2D eigenvalue weighted by Gasteiger charge is 2.90. The van der Waals surface area contributed by atoms with Gasteiger partial charge in [0, 0.05) is 33.3 Å². The summed E-state index contributed by atoms with van der Waals surface area (Å²) in [6.45, 7) is 20.3. The molecule has 6 heteroatoms. The average Bonchev–Trinajstić information content (AvgIpc) is 3.80. The normalized spacial score (nSPS) is 49.6. The predicted molar refractivity (Wildman–Crippen MR) is 174 cm³/mol. The van der Waals surface area contributed by atoms with E-state index in [2.05, 4.69) is 91.6 Å². The van der Waals surface area contributed by atoms with Crippen LogP contribution in [0, 0.1) is 22.7 Å². The van der Waals surface area contributed by atoms with Crippen LogP contribution in [-0.2, 0) is 37.2 Å². The lowest BCUT2D eigenvalue weighted by Crippen LogP contribution is -2.80. The lowest BCUT2D eigenvalue weighted by Gasteiger charge is -2.69. The SMILES string of the molecule is CC(C)=CCc1cccc2[nH]c3c(c12)C[C@@H]1CC[C@]2(O)[C@](C)(CC[C@]4(C)O[C@H]5[C@@H](O[C@H](C6CC6(C)C)OC5(C)C)[C@H]5O[C@@]524)[C@@]31C. The lowest BCUT2D eigenvalue weighted by atomic mass is 9.39. The van der Waals surface area contributed by atoms with Gasteiger partial charge in [-0.1, -0.05) is 51.5 Å². The van der Waals surface area contributed by atoms with E-state index in [1.165, 1.54) is 33.3 Å². The monoisotopic (exact) mass is 615 g/mol. The number of aromatic nitrogens is 1. The summed E-state index contributed by atoms with van der Waals surface area (Å²) in [5.41, 5.74) is 3.41. The minimum absolute atomic E-state index is 0.210. The molecule has 2 aromatic rings. The molecule has 3 saturated carbocycles. The second-order valence-electron chi connectivity index (χ2n) is 18.2. The first-order valence-electron chi connectivity index (χ1n) is 17.7. The van der Waals surface area contributed by atoms with Gasteiger partial charge >= 0.3 is 0 Å². The van der Waals surface area contributed by atoms with Gasteiger partial charge in [0.1, 0.15) is 29.5 Å². The van der Waals surface area contributed by atoms with Gasteiger partial charge in [-0.05, 0) is 108 Å². The predicted octanol–water partition coefficient (Wildman–Crippen LogP) is 7.29. The van der Waals surface area contributed by atoms with E-state index >= 15 is 0 Å². The first-order chi connectivity index (χ1) is 21.0. The molecule has 1 aromatic heterocycles. The number of hydrogen-bond donors (Lipinski definition) is 2. The molecule has 2 N–H and O–H groups in total. The number of benzene rings is 1. The van der Waals surface area contributed by atoms with Gasteiger partial charge in [0.05, 0.1) is 5.60 Å². The van der Waals surface area contributed by atoms with E-state index in [1.54, 1.807) is 0 Å². The molecule has 4 aliphatic carbocycles. The number of H-pyrrole nitrogens is 1. The van der Waals surface area contributed by atoms with E-state index < -0.39 is 27.8 Å². The van der Waals surface area contributed by atoms with Crippen molar-refractivity contribution in [2.45, 2.75) is 160 Å². The lowest BCUT2D eigenvalue weighted by molar-refractivity contribution is -0.375. The standard InChI is InChI=1S/C39H53NO5/c1-21(2)13-14-22-11-10-12-26-27(22)24-19-23-15-16-38(41)35(7,37(23,9)29(24)40-26)17-18-36(8)39(38)31(44-39)28-30(43-36)34(5,6)45-32(42-28)25-20-33(25,3)4/h10-13,23,25,28,30-32,40-41H,14-20H2,1-9H3/t23-,25?,28+,30-,31+,32-,35+,36-,37+,38-,39+/m0/s1. The van der Waals surface area contributed by atoms with Gasteiger partial charge in [-0.2, -0.15) is 0 Å². The van der Waals surface area contributed by atoms with Gasteiger partial charge in [-0.25, -0.2) is 0 Å². The second kappa shape index (κ2) is 8.47. The van der Waals surface area contributed by atoms with Crippen LogP contribution < -0.4 is 0 Å². The fraction of sp³-hybridized carbons (Fsp3) is 0.744. The maximum absolute atomic E-state index is 13.5. The molecule has 0 amide bonds. The Morgan fingerprint density at radius 3 is 2.44 bits per heavy atom. The molecule has 6 fully saturated rings. The highest BCUT2D eigenvalue weighted by molar-refractivity contribution is 5.89. The first kappa shape index (κ1) is 29.4. The number of nitrogens with one attached hydrogen (secondary N) is 1. The molecule has 11 atom stereocenters. The summed E-state index contributed by atoms with van der Waals surface area (Å²) in [6.07, 6.45) is 7.88. The number of ether oxygens (including phenoxy) is 4. The number of aromatic amines is 1. The van der Waals surface area contributed by atoms with E-state index in [4.69, 9.17) is 18.9 Å². The zero-order valence-corrected chi connectivity index (χ0v) is 28.8. The Labute approximate surface area is 268 Å². The Morgan fingerprint density at radius 1 is 0.978 bits per heavy atom. The number of allylic oxidation sites excluding steroid dienone is 2. The van der Waals surface area contributed by atoms with Crippen molar-refractivity contribution in [1.82, 2.24) is 4.98 Å². The van der Waals surface area contributed by atoms with Crippen LogP contribution in [-0.4, -0.2) is 57.1 Å². The molecule has 1 spiro atoms. The number of aliphatic hydroxyl groups is 1. The van der Waals surface area contributed by atoms with Crippen LogP contribution in [0.2, 0.25) is 0 Å². The summed E-state index contributed by atoms with van der Waals surface area (Å²) in [7, 11) is 0. The van der Waals surface area contributed by atoms with Gasteiger partial charge < -0.3 is 29.0 Å². The summed E-state index contributed by atoms with van der Waals surface area (Å²) >= 11 is 0. The smallest absolute Gasteiger partial charge is 0.162 e. The molecule has 3 saturated heterocycles. The van der Waals surface area contributed by atoms with Crippen molar-refractivity contribution in [2.24, 2.45) is 22.7 Å². The van der Waals surface area contributed by atoms with Crippen LogP contribution in [0.15, 0.2) is 29.8 Å². The minimum Gasteiger partial charge on any atom is -0.386 e. The van der Waals surface area contributed by atoms with Gasteiger partial charge in [0.2, 0.25) is 0 Å². The topological polar surface area (TPSA) is 76.2 Å². The third-order valence-corrected chi connectivity index (χ3v) is 14.9. The molecule has 45 heavy (non-hydrogen) atoms. The quantitative estimate of drug-likeness (QED) is 0.280. The molecule has 244 valence electrons. The molecule has 4 heterocycles. The van der Waals surface area contributed by atoms with Crippen LogP contribution in [0.3, 0.4) is 0 Å². The summed E-state index contributed by atoms with van der Waals surface area (Å²) in [4.78, 5) is 3.97. The number of rotatable bonds is 3. The molecular formula is C39H53NO5. The fourth-order valence-corrected chi connectivity index (χ4v) is 11.8. The second-order valence-corrected chi connectivity index (χ2v) is 18.2. The Hall–Kier alpha value is -1.70. The number of epoxide rings is 1. The maximum atomic E-state index is 13.5. The Morgan fingerprint density at radius 2 is 1.73 bits per heavy atom. The largest absolute Gasteiger partial charge is 0.386 e. The van der Waals surface area contributed by atoms with E-state index in [0.29, 0.717) is 11.8 Å². The van der Waals surface area contributed by atoms with Crippen molar-refractivity contribution < 1.29 is 24.1 Å². The van der Waals surface area contributed by atoms with Gasteiger partial charge in [-0.3, -0.25) is 0 Å². The molecule has 1 unspecified atom stereocenters. The highest BCUT2D eigenvalue weighted by atomic mass is 16.8. The van der Waals surface area contributed by atoms with Crippen LogP contribution in [0.4, 0.5) is 0 Å². The molecule has 3 aliphatic heterocycles. The van der Waals surface area contributed by atoms with Crippen LogP contribution in [0.25, 0.3) is 10.9 Å². The molecule has 1 aromatic carbocycles.